The first-order valence-electron chi connectivity index (χ1n) is 10.9. The predicted molar refractivity (Wildman–Crippen MR) is 138 cm³/mol. The highest BCUT2D eigenvalue weighted by Gasteiger charge is 2.16. The van der Waals surface area contributed by atoms with Crippen molar-refractivity contribution < 1.29 is 14.3 Å². The van der Waals surface area contributed by atoms with Crippen molar-refractivity contribution in [2.75, 3.05) is 17.2 Å². The van der Waals surface area contributed by atoms with Gasteiger partial charge in [-0.25, -0.2) is 9.78 Å². The van der Waals surface area contributed by atoms with Crippen molar-refractivity contribution in [1.29, 1.82) is 5.26 Å². The molecular weight excluding hydrogens is 460 g/mol. The first kappa shape index (κ1) is 23.7. The van der Waals surface area contributed by atoms with E-state index in [4.69, 9.17) is 9.72 Å². The molecule has 0 atom stereocenters. The number of benzene rings is 3. The van der Waals surface area contributed by atoms with E-state index in [9.17, 15) is 14.9 Å². The maximum Gasteiger partial charge on any atom is 0.340 e. The van der Waals surface area contributed by atoms with E-state index in [0.29, 0.717) is 5.69 Å². The number of aromatic nitrogens is 1. The van der Waals surface area contributed by atoms with E-state index in [2.05, 4.69) is 23.6 Å². The Bertz CT molecular complexity index is 1470. The lowest BCUT2D eigenvalue weighted by Crippen LogP contribution is -2.17. The summed E-state index contributed by atoms with van der Waals surface area (Å²) < 4.78 is 6.16. The number of aryl methyl sites for hydroxylation is 1. The van der Waals surface area contributed by atoms with Gasteiger partial charge < -0.3 is 15.4 Å². The fourth-order valence-corrected chi connectivity index (χ4v) is 4.41. The van der Waals surface area contributed by atoms with Crippen LogP contribution in [-0.4, -0.2) is 23.5 Å². The van der Waals surface area contributed by atoms with Gasteiger partial charge in [0.05, 0.1) is 28.1 Å². The number of nitriles is 1. The van der Waals surface area contributed by atoms with Crippen molar-refractivity contribution in [2.24, 2.45) is 0 Å². The number of fused-ring (bicyclic) bond motifs is 1. The lowest BCUT2D eigenvalue weighted by molar-refractivity contribution is -0.112. The van der Waals surface area contributed by atoms with Crippen LogP contribution in [0.1, 0.15) is 22.8 Å². The van der Waals surface area contributed by atoms with Crippen LogP contribution < -0.4 is 10.6 Å². The molecule has 1 aromatic heterocycles. The van der Waals surface area contributed by atoms with Crippen molar-refractivity contribution in [2.45, 2.75) is 13.8 Å². The standard InChI is InChI=1S/C27H22N4O3S/c1-3-34-27(33)21-6-4-5-7-22(21)30-25(32)19(15-28)16-29-20-11-9-18(10-12-20)26-31-23-13-8-17(2)14-24(23)35-26/h4-14,16,29H,3H2,1-2H3,(H,30,32)/b19-16-. The van der Waals surface area contributed by atoms with E-state index in [1.165, 1.54) is 11.8 Å². The Hall–Kier alpha value is -4.48. The van der Waals surface area contributed by atoms with Gasteiger partial charge in [-0.05, 0) is 67.9 Å². The highest BCUT2D eigenvalue weighted by Crippen LogP contribution is 2.31. The summed E-state index contributed by atoms with van der Waals surface area (Å²) in [7, 11) is 0. The number of thiazole rings is 1. The molecule has 2 N–H and O–H groups in total. The molecule has 1 heterocycles. The number of nitrogens with one attached hydrogen (secondary N) is 2. The van der Waals surface area contributed by atoms with Gasteiger partial charge in [-0.15, -0.1) is 11.3 Å². The average Bonchev–Trinajstić information content (AvgIpc) is 3.28. The minimum absolute atomic E-state index is 0.144. The molecule has 174 valence electrons. The van der Waals surface area contributed by atoms with E-state index in [-0.39, 0.29) is 23.4 Å². The van der Waals surface area contributed by atoms with Crippen LogP contribution in [0.2, 0.25) is 0 Å². The number of carbonyl (C=O) groups is 2. The van der Waals surface area contributed by atoms with E-state index in [1.807, 2.05) is 42.5 Å². The largest absolute Gasteiger partial charge is 0.462 e. The SMILES string of the molecule is CCOC(=O)c1ccccc1NC(=O)/C(C#N)=C\Nc1ccc(-c2nc3ccc(C)cc3s2)cc1. The molecule has 0 saturated heterocycles. The summed E-state index contributed by atoms with van der Waals surface area (Å²) in [6.07, 6.45) is 1.33. The molecule has 0 fully saturated rings. The Labute approximate surface area is 206 Å². The van der Waals surface area contributed by atoms with Gasteiger partial charge >= 0.3 is 5.97 Å². The summed E-state index contributed by atoms with van der Waals surface area (Å²) in [5.41, 5.74) is 4.19. The van der Waals surface area contributed by atoms with E-state index < -0.39 is 11.9 Å². The number of rotatable bonds is 7. The molecule has 0 saturated carbocycles. The second-order valence-corrected chi connectivity index (χ2v) is 8.63. The van der Waals surface area contributed by atoms with Gasteiger partial charge in [0.1, 0.15) is 16.6 Å². The van der Waals surface area contributed by atoms with Gasteiger partial charge in [-0.1, -0.05) is 18.2 Å². The molecule has 0 aliphatic heterocycles. The fraction of sp³-hybridized carbons (Fsp3) is 0.111. The van der Waals surface area contributed by atoms with Crippen LogP contribution in [-0.2, 0) is 9.53 Å². The summed E-state index contributed by atoms with van der Waals surface area (Å²) >= 11 is 1.63. The van der Waals surface area contributed by atoms with Gasteiger partial charge in [-0.3, -0.25) is 4.79 Å². The molecule has 35 heavy (non-hydrogen) atoms. The van der Waals surface area contributed by atoms with Crippen LogP contribution in [0.5, 0.6) is 0 Å². The minimum atomic E-state index is -0.641. The maximum absolute atomic E-state index is 12.6. The number of carbonyl (C=O) groups excluding carboxylic acids is 2. The highest BCUT2D eigenvalue weighted by atomic mass is 32.1. The van der Waals surface area contributed by atoms with Gasteiger partial charge in [0, 0.05) is 17.5 Å². The molecule has 0 radical (unpaired) electrons. The van der Waals surface area contributed by atoms with Crippen LogP contribution >= 0.6 is 11.3 Å². The third kappa shape index (κ3) is 5.54. The third-order valence-electron chi connectivity index (χ3n) is 5.09. The molecule has 4 rings (SSSR count). The molecule has 3 aromatic carbocycles. The topological polar surface area (TPSA) is 104 Å². The van der Waals surface area contributed by atoms with Crippen LogP contribution in [0.15, 0.2) is 78.5 Å². The molecule has 7 nitrogen and oxygen atoms in total. The highest BCUT2D eigenvalue weighted by molar-refractivity contribution is 7.21. The van der Waals surface area contributed by atoms with E-state index in [1.54, 1.807) is 42.5 Å². The van der Waals surface area contributed by atoms with E-state index in [0.717, 1.165) is 20.8 Å². The molecule has 0 unspecified atom stereocenters. The number of ether oxygens (including phenoxy) is 1. The third-order valence-corrected chi connectivity index (χ3v) is 6.16. The molecule has 0 aliphatic carbocycles. The van der Waals surface area contributed by atoms with Crippen molar-refractivity contribution >= 4 is 44.8 Å². The number of anilines is 2. The monoisotopic (exact) mass is 482 g/mol. The zero-order valence-corrected chi connectivity index (χ0v) is 20.0. The van der Waals surface area contributed by atoms with E-state index >= 15 is 0 Å². The Balaban J connectivity index is 1.46. The van der Waals surface area contributed by atoms with Gasteiger partial charge in [0.2, 0.25) is 0 Å². The summed E-state index contributed by atoms with van der Waals surface area (Å²) in [6.45, 7) is 3.97. The number of esters is 1. The fourth-order valence-electron chi connectivity index (χ4n) is 3.34. The molecule has 4 aromatic rings. The predicted octanol–water partition coefficient (Wildman–Crippen LogP) is 5.91. The van der Waals surface area contributed by atoms with Gasteiger partial charge in [0.25, 0.3) is 5.91 Å². The maximum atomic E-state index is 12.6. The summed E-state index contributed by atoms with van der Waals surface area (Å²) in [6, 6.07) is 22.1. The van der Waals surface area contributed by atoms with Gasteiger partial charge in [0.15, 0.2) is 0 Å². The Morgan fingerprint density at radius 3 is 2.63 bits per heavy atom. The molecular formula is C27H22N4O3S. The summed E-state index contributed by atoms with van der Waals surface area (Å²) in [4.78, 5) is 29.5. The van der Waals surface area contributed by atoms with Crippen LogP contribution in [0.25, 0.3) is 20.8 Å². The minimum Gasteiger partial charge on any atom is -0.462 e. The van der Waals surface area contributed by atoms with Crippen LogP contribution in [0, 0.1) is 18.3 Å². The van der Waals surface area contributed by atoms with Crippen molar-refractivity contribution in [3.05, 3.63) is 89.6 Å². The molecule has 8 heteroatoms. The van der Waals surface area contributed by atoms with Crippen LogP contribution in [0.4, 0.5) is 11.4 Å². The molecule has 0 spiro atoms. The number of para-hydroxylation sites is 1. The first-order chi connectivity index (χ1) is 17.0. The normalized spacial score (nSPS) is 11.1. The van der Waals surface area contributed by atoms with Crippen molar-refractivity contribution in [3.63, 3.8) is 0 Å². The number of amides is 1. The second kappa shape index (κ2) is 10.6. The quantitative estimate of drug-likeness (QED) is 0.193. The van der Waals surface area contributed by atoms with Crippen molar-refractivity contribution in [1.82, 2.24) is 4.98 Å². The smallest absolute Gasteiger partial charge is 0.340 e. The Morgan fingerprint density at radius 2 is 1.89 bits per heavy atom. The number of nitrogens with zero attached hydrogens (tertiary/aromatic N) is 2. The summed E-state index contributed by atoms with van der Waals surface area (Å²) in [5, 5.41) is 16.0. The Morgan fingerprint density at radius 1 is 1.11 bits per heavy atom. The summed E-state index contributed by atoms with van der Waals surface area (Å²) in [5.74, 6) is -1.19. The zero-order valence-electron chi connectivity index (χ0n) is 19.2. The number of hydrogen-bond donors (Lipinski definition) is 2. The lowest BCUT2D eigenvalue weighted by Gasteiger charge is -2.10. The second-order valence-electron chi connectivity index (χ2n) is 7.60. The molecule has 1 amide bonds. The van der Waals surface area contributed by atoms with Crippen LogP contribution in [0.3, 0.4) is 0 Å². The van der Waals surface area contributed by atoms with Crippen molar-refractivity contribution in [3.8, 4) is 16.6 Å². The molecule has 0 aliphatic rings. The first-order valence-corrected chi connectivity index (χ1v) is 11.7. The molecule has 0 bridgehead atoms. The lowest BCUT2D eigenvalue weighted by atomic mass is 10.1. The Kier molecular flexibility index (Phi) is 7.19. The van der Waals surface area contributed by atoms with Gasteiger partial charge in [-0.2, -0.15) is 5.26 Å². The number of hydrogen-bond acceptors (Lipinski definition) is 7. The zero-order chi connectivity index (χ0) is 24.8. The average molecular weight is 483 g/mol.